The maximum absolute atomic E-state index is 12.3. The number of piperidine rings is 1. The molecule has 1 aliphatic rings. The second-order valence-electron chi connectivity index (χ2n) is 5.29. The molecule has 1 saturated heterocycles. The Morgan fingerprint density at radius 1 is 1.33 bits per heavy atom. The van der Waals surface area contributed by atoms with Crippen molar-refractivity contribution >= 4 is 30.7 Å². The third-order valence-electron chi connectivity index (χ3n) is 3.71. The number of nitrogens with one attached hydrogen (secondary N) is 1. The molecule has 1 amide bonds. The van der Waals surface area contributed by atoms with Gasteiger partial charge in [-0.25, -0.2) is 0 Å². The van der Waals surface area contributed by atoms with Gasteiger partial charge < -0.3 is 10.2 Å². The Morgan fingerprint density at radius 2 is 2.00 bits per heavy atom. The van der Waals surface area contributed by atoms with Crippen LogP contribution in [0.4, 0.5) is 0 Å². The smallest absolute Gasteiger partial charge is 0.255 e. The molecule has 120 valence electrons. The van der Waals surface area contributed by atoms with Gasteiger partial charge in [0.1, 0.15) is 0 Å². The Labute approximate surface area is 139 Å². The number of aromatic nitrogens is 1. The van der Waals surface area contributed by atoms with Crippen molar-refractivity contribution in [2.75, 3.05) is 26.2 Å². The first-order chi connectivity index (χ1) is 9.20. The van der Waals surface area contributed by atoms with Crippen molar-refractivity contribution in [2.24, 2.45) is 5.92 Å². The number of nitrogens with zero attached hydrogens (tertiary/aromatic N) is 2. The summed E-state index contributed by atoms with van der Waals surface area (Å²) < 4.78 is 0. The molecule has 0 radical (unpaired) electrons. The summed E-state index contributed by atoms with van der Waals surface area (Å²) in [4.78, 5) is 18.4. The van der Waals surface area contributed by atoms with E-state index in [4.69, 9.17) is 0 Å². The molecule has 0 atom stereocenters. The molecule has 1 fully saturated rings. The standard InChI is InChI=1S/C15H23N3O.2ClH/c1-3-16-10-13-4-6-18(7-5-13)15(19)14-8-12(2)9-17-11-14;;/h8-9,11,13,16H,3-7,10H2,1-2H3;2*1H. The van der Waals surface area contributed by atoms with E-state index in [2.05, 4.69) is 17.2 Å². The van der Waals surface area contributed by atoms with Crippen LogP contribution in [0.25, 0.3) is 0 Å². The molecule has 21 heavy (non-hydrogen) atoms. The van der Waals surface area contributed by atoms with Crippen molar-refractivity contribution in [1.82, 2.24) is 15.2 Å². The van der Waals surface area contributed by atoms with Gasteiger partial charge in [-0.3, -0.25) is 9.78 Å². The van der Waals surface area contributed by atoms with Crippen molar-refractivity contribution in [3.8, 4) is 0 Å². The molecule has 2 rings (SSSR count). The highest BCUT2D eigenvalue weighted by molar-refractivity contribution is 5.94. The van der Waals surface area contributed by atoms with Gasteiger partial charge in [0.25, 0.3) is 5.91 Å². The normalized spacial score (nSPS) is 15.0. The Morgan fingerprint density at radius 3 is 2.57 bits per heavy atom. The Kier molecular flexibility index (Phi) is 9.58. The summed E-state index contributed by atoms with van der Waals surface area (Å²) in [5.41, 5.74) is 1.75. The Hall–Kier alpha value is -0.840. The summed E-state index contributed by atoms with van der Waals surface area (Å²) >= 11 is 0. The second kappa shape index (κ2) is 9.98. The Balaban J connectivity index is 0.00000200. The highest BCUT2D eigenvalue weighted by Crippen LogP contribution is 2.18. The molecule has 0 unspecified atom stereocenters. The minimum atomic E-state index is 0. The van der Waals surface area contributed by atoms with Gasteiger partial charge in [0.15, 0.2) is 0 Å². The predicted octanol–water partition coefficient (Wildman–Crippen LogP) is 2.70. The van der Waals surface area contributed by atoms with Crippen LogP contribution in [0, 0.1) is 12.8 Å². The first-order valence-corrected chi connectivity index (χ1v) is 7.12. The zero-order valence-electron chi connectivity index (χ0n) is 12.7. The molecule has 1 aromatic heterocycles. The zero-order valence-corrected chi connectivity index (χ0v) is 14.3. The number of carbonyl (C=O) groups is 1. The number of hydrogen-bond donors (Lipinski definition) is 1. The van der Waals surface area contributed by atoms with Gasteiger partial charge in [-0.1, -0.05) is 6.92 Å². The van der Waals surface area contributed by atoms with Crippen LogP contribution in [0.1, 0.15) is 35.7 Å². The highest BCUT2D eigenvalue weighted by Gasteiger charge is 2.23. The average molecular weight is 334 g/mol. The van der Waals surface area contributed by atoms with Crippen molar-refractivity contribution in [2.45, 2.75) is 26.7 Å². The van der Waals surface area contributed by atoms with E-state index in [0.29, 0.717) is 11.5 Å². The zero-order chi connectivity index (χ0) is 13.7. The predicted molar refractivity (Wildman–Crippen MR) is 90.6 cm³/mol. The molecule has 0 aromatic carbocycles. The van der Waals surface area contributed by atoms with Crippen LogP contribution in [-0.2, 0) is 0 Å². The lowest BCUT2D eigenvalue weighted by molar-refractivity contribution is 0.0690. The third-order valence-corrected chi connectivity index (χ3v) is 3.71. The summed E-state index contributed by atoms with van der Waals surface area (Å²) in [6.07, 6.45) is 5.63. The second-order valence-corrected chi connectivity index (χ2v) is 5.29. The van der Waals surface area contributed by atoms with E-state index in [1.54, 1.807) is 12.4 Å². The molecule has 0 bridgehead atoms. The SMILES string of the molecule is CCNCC1CCN(C(=O)c2cncc(C)c2)CC1.Cl.Cl. The lowest BCUT2D eigenvalue weighted by Gasteiger charge is -2.32. The summed E-state index contributed by atoms with van der Waals surface area (Å²) in [5, 5.41) is 3.39. The van der Waals surface area contributed by atoms with Gasteiger partial charge in [-0.05, 0) is 50.4 Å². The molecule has 0 saturated carbocycles. The minimum absolute atomic E-state index is 0. The molecule has 1 N–H and O–H groups in total. The molecular weight excluding hydrogens is 309 g/mol. The lowest BCUT2D eigenvalue weighted by Crippen LogP contribution is -2.40. The van der Waals surface area contributed by atoms with Crippen LogP contribution in [0.5, 0.6) is 0 Å². The van der Waals surface area contributed by atoms with Crippen LogP contribution >= 0.6 is 24.8 Å². The first kappa shape index (κ1) is 20.2. The topological polar surface area (TPSA) is 45.2 Å². The highest BCUT2D eigenvalue weighted by atomic mass is 35.5. The van der Waals surface area contributed by atoms with Crippen molar-refractivity contribution in [1.29, 1.82) is 0 Å². The number of pyridine rings is 1. The monoisotopic (exact) mass is 333 g/mol. The summed E-state index contributed by atoms with van der Waals surface area (Å²) in [6.45, 7) is 7.92. The van der Waals surface area contributed by atoms with Crippen molar-refractivity contribution < 1.29 is 4.79 Å². The summed E-state index contributed by atoms with van der Waals surface area (Å²) in [7, 11) is 0. The number of halogens is 2. The van der Waals surface area contributed by atoms with Gasteiger partial charge >= 0.3 is 0 Å². The quantitative estimate of drug-likeness (QED) is 0.921. The molecule has 2 heterocycles. The van der Waals surface area contributed by atoms with E-state index in [1.165, 1.54) is 0 Å². The average Bonchev–Trinajstić information content (AvgIpc) is 2.45. The molecule has 6 heteroatoms. The van der Waals surface area contributed by atoms with Crippen LogP contribution in [0.3, 0.4) is 0 Å². The first-order valence-electron chi connectivity index (χ1n) is 7.12. The van der Waals surface area contributed by atoms with Gasteiger partial charge in [-0.2, -0.15) is 0 Å². The lowest BCUT2D eigenvalue weighted by atomic mass is 9.96. The number of hydrogen-bond acceptors (Lipinski definition) is 3. The molecular formula is C15H25Cl2N3O. The number of amides is 1. The van der Waals surface area contributed by atoms with E-state index in [0.717, 1.165) is 44.6 Å². The molecule has 4 nitrogen and oxygen atoms in total. The van der Waals surface area contributed by atoms with Crippen molar-refractivity contribution in [3.05, 3.63) is 29.6 Å². The van der Waals surface area contributed by atoms with Gasteiger partial charge in [-0.15, -0.1) is 24.8 Å². The fraction of sp³-hybridized carbons (Fsp3) is 0.600. The molecule has 1 aromatic rings. The van der Waals surface area contributed by atoms with Crippen LogP contribution in [-0.4, -0.2) is 42.0 Å². The van der Waals surface area contributed by atoms with Crippen LogP contribution < -0.4 is 5.32 Å². The fourth-order valence-electron chi connectivity index (χ4n) is 2.54. The van der Waals surface area contributed by atoms with Gasteiger partial charge in [0.2, 0.25) is 0 Å². The third kappa shape index (κ3) is 5.81. The largest absolute Gasteiger partial charge is 0.339 e. The van der Waals surface area contributed by atoms with E-state index in [-0.39, 0.29) is 30.7 Å². The number of aryl methyl sites for hydroxylation is 1. The van der Waals surface area contributed by atoms with Crippen LogP contribution in [0.2, 0.25) is 0 Å². The summed E-state index contributed by atoms with van der Waals surface area (Å²) in [5.74, 6) is 0.831. The van der Waals surface area contributed by atoms with E-state index >= 15 is 0 Å². The van der Waals surface area contributed by atoms with E-state index < -0.39 is 0 Å². The summed E-state index contributed by atoms with van der Waals surface area (Å²) in [6, 6.07) is 1.92. The molecule has 0 aliphatic carbocycles. The van der Waals surface area contributed by atoms with E-state index in [1.807, 2.05) is 17.9 Å². The maximum Gasteiger partial charge on any atom is 0.255 e. The fourth-order valence-corrected chi connectivity index (χ4v) is 2.54. The maximum atomic E-state index is 12.3. The number of rotatable bonds is 4. The number of likely N-dealkylation sites (tertiary alicyclic amines) is 1. The Bertz CT molecular complexity index is 435. The number of carbonyl (C=O) groups excluding carboxylic acids is 1. The van der Waals surface area contributed by atoms with Gasteiger partial charge in [0, 0.05) is 25.5 Å². The van der Waals surface area contributed by atoms with E-state index in [9.17, 15) is 4.79 Å². The van der Waals surface area contributed by atoms with Crippen LogP contribution in [0.15, 0.2) is 18.5 Å². The minimum Gasteiger partial charge on any atom is -0.339 e. The van der Waals surface area contributed by atoms with Crippen molar-refractivity contribution in [3.63, 3.8) is 0 Å². The molecule has 0 spiro atoms. The van der Waals surface area contributed by atoms with Gasteiger partial charge in [0.05, 0.1) is 5.56 Å². The molecule has 1 aliphatic heterocycles.